The second kappa shape index (κ2) is 5.57. The van der Waals surface area contributed by atoms with Gasteiger partial charge in [-0.05, 0) is 0 Å². The summed E-state index contributed by atoms with van der Waals surface area (Å²) in [5, 5.41) is 38.8. The maximum Gasteiger partial charge on any atom is 0.259 e. The molecule has 18 heavy (non-hydrogen) atoms. The van der Waals surface area contributed by atoms with Crippen LogP contribution in [0.25, 0.3) is 0 Å². The molecule has 1 fully saturated rings. The number of carbonyl (C=O) groups is 1. The van der Waals surface area contributed by atoms with Gasteiger partial charge in [-0.1, -0.05) is 0 Å². The quantitative estimate of drug-likeness (QED) is 0.304. The Kier molecular flexibility index (Phi) is 4.78. The second-order valence-corrected chi connectivity index (χ2v) is 4.04. The summed E-state index contributed by atoms with van der Waals surface area (Å²) in [7, 11) is 1.41. The molecule has 0 aromatic rings. The molecule has 1 aliphatic rings. The van der Waals surface area contributed by atoms with Crippen molar-refractivity contribution in [3.05, 3.63) is 0 Å². The molecule has 1 heterocycles. The number of ether oxygens (including phenoxy) is 3. The average Bonchev–Trinajstić information content (AvgIpc) is 2.52. The zero-order valence-electron chi connectivity index (χ0n) is 10.2. The first-order valence-corrected chi connectivity index (χ1v) is 5.38. The Balaban J connectivity index is 2.91. The predicted octanol–water partition coefficient (Wildman–Crippen LogP) is -2.63. The summed E-state index contributed by atoms with van der Waals surface area (Å²) in [5.41, 5.74) is 0. The fraction of sp³-hybridized carbons (Fsp3) is 0.900. The van der Waals surface area contributed by atoms with E-state index >= 15 is 0 Å². The topological polar surface area (TPSA) is 126 Å². The SMILES string of the molecule is COCCO[C@]1(O)[C@@H](CO)OC(O)(C(C)=O)[C@@H]1O. The second-order valence-electron chi connectivity index (χ2n) is 4.04. The van der Waals surface area contributed by atoms with E-state index in [9.17, 15) is 20.1 Å². The van der Waals surface area contributed by atoms with Crippen molar-refractivity contribution >= 4 is 5.78 Å². The average molecular weight is 266 g/mol. The minimum absolute atomic E-state index is 0.113. The van der Waals surface area contributed by atoms with Crippen molar-refractivity contribution in [3.63, 3.8) is 0 Å². The lowest BCUT2D eigenvalue weighted by Crippen LogP contribution is -2.56. The number of carbonyl (C=O) groups excluding carboxylic acids is 1. The van der Waals surface area contributed by atoms with Crippen LogP contribution < -0.4 is 0 Å². The molecule has 106 valence electrons. The van der Waals surface area contributed by atoms with Gasteiger partial charge in [-0.3, -0.25) is 4.79 Å². The maximum absolute atomic E-state index is 11.2. The highest BCUT2D eigenvalue weighted by Crippen LogP contribution is 2.38. The number of methoxy groups -OCH3 is 1. The number of hydrogen-bond acceptors (Lipinski definition) is 8. The molecule has 0 spiro atoms. The highest BCUT2D eigenvalue weighted by Gasteiger charge is 2.66. The van der Waals surface area contributed by atoms with E-state index in [0.29, 0.717) is 0 Å². The van der Waals surface area contributed by atoms with E-state index in [2.05, 4.69) is 0 Å². The molecular formula is C10H18O8. The molecule has 4 atom stereocenters. The van der Waals surface area contributed by atoms with E-state index in [1.807, 2.05) is 0 Å². The van der Waals surface area contributed by atoms with Gasteiger partial charge in [0.2, 0.25) is 5.79 Å². The van der Waals surface area contributed by atoms with Crippen LogP contribution in [0.1, 0.15) is 6.92 Å². The van der Waals surface area contributed by atoms with Crippen LogP contribution in [0, 0.1) is 0 Å². The van der Waals surface area contributed by atoms with Crippen molar-refractivity contribution in [1.82, 2.24) is 0 Å². The molecular weight excluding hydrogens is 248 g/mol. The van der Waals surface area contributed by atoms with E-state index in [-0.39, 0.29) is 13.2 Å². The highest BCUT2D eigenvalue weighted by molar-refractivity contribution is 5.84. The minimum atomic E-state index is -2.60. The summed E-state index contributed by atoms with van der Waals surface area (Å²) in [6, 6.07) is 0. The largest absolute Gasteiger partial charge is 0.393 e. The van der Waals surface area contributed by atoms with E-state index < -0.39 is 36.2 Å². The molecule has 1 unspecified atom stereocenters. The van der Waals surface area contributed by atoms with E-state index in [1.54, 1.807) is 0 Å². The standard InChI is InChI=1S/C10H18O8/c1-6(12)9(14)8(13)10(15,7(5-11)18-9)17-4-3-16-2/h7-8,11,13-15H,3-5H2,1-2H3/t7-,8+,9?,10-/m1/s1. The molecule has 0 amide bonds. The lowest BCUT2D eigenvalue weighted by Gasteiger charge is -2.30. The molecule has 0 aliphatic carbocycles. The van der Waals surface area contributed by atoms with Gasteiger partial charge in [-0.15, -0.1) is 0 Å². The van der Waals surface area contributed by atoms with Gasteiger partial charge in [0.05, 0.1) is 19.8 Å². The molecule has 0 aromatic heterocycles. The number of hydrogen-bond donors (Lipinski definition) is 4. The van der Waals surface area contributed by atoms with Gasteiger partial charge < -0.3 is 34.6 Å². The Morgan fingerprint density at radius 2 is 2.00 bits per heavy atom. The van der Waals surface area contributed by atoms with E-state index in [1.165, 1.54) is 7.11 Å². The number of aliphatic hydroxyl groups is 4. The third-order valence-electron chi connectivity index (χ3n) is 2.84. The predicted molar refractivity (Wildman–Crippen MR) is 56.4 cm³/mol. The first kappa shape index (κ1) is 15.4. The van der Waals surface area contributed by atoms with Crippen LogP contribution in [-0.4, -0.2) is 76.9 Å². The van der Waals surface area contributed by atoms with Crippen LogP contribution in [0.2, 0.25) is 0 Å². The Hall–Kier alpha value is -0.610. The third kappa shape index (κ3) is 2.41. The van der Waals surface area contributed by atoms with Crippen molar-refractivity contribution in [2.24, 2.45) is 0 Å². The molecule has 0 aromatic carbocycles. The summed E-state index contributed by atoms with van der Waals surface area (Å²) in [4.78, 5) is 11.2. The summed E-state index contributed by atoms with van der Waals surface area (Å²) >= 11 is 0. The monoisotopic (exact) mass is 266 g/mol. The van der Waals surface area contributed by atoms with E-state index in [0.717, 1.165) is 6.92 Å². The van der Waals surface area contributed by atoms with Gasteiger partial charge in [-0.25, -0.2) is 0 Å². The first-order chi connectivity index (χ1) is 8.32. The zero-order chi connectivity index (χ0) is 14.0. The molecule has 0 saturated carbocycles. The maximum atomic E-state index is 11.2. The number of rotatable bonds is 6. The fourth-order valence-electron chi connectivity index (χ4n) is 1.73. The van der Waals surface area contributed by atoms with Crippen molar-refractivity contribution in [2.75, 3.05) is 26.9 Å². The molecule has 0 bridgehead atoms. The van der Waals surface area contributed by atoms with Gasteiger partial charge in [-0.2, -0.15) is 0 Å². The van der Waals surface area contributed by atoms with Crippen LogP contribution in [0.4, 0.5) is 0 Å². The Morgan fingerprint density at radius 3 is 2.44 bits per heavy atom. The summed E-state index contributed by atoms with van der Waals surface area (Å²) in [6.45, 7) is 0.248. The smallest absolute Gasteiger partial charge is 0.259 e. The minimum Gasteiger partial charge on any atom is -0.393 e. The Labute approximate surface area is 104 Å². The number of Topliss-reactive ketones (excluding diaryl/α,β-unsaturated/α-hetero) is 1. The number of aliphatic hydroxyl groups excluding tert-OH is 2. The fourth-order valence-corrected chi connectivity index (χ4v) is 1.73. The molecule has 4 N–H and O–H groups in total. The van der Waals surface area contributed by atoms with Gasteiger partial charge in [0, 0.05) is 14.0 Å². The molecule has 8 nitrogen and oxygen atoms in total. The third-order valence-corrected chi connectivity index (χ3v) is 2.84. The zero-order valence-corrected chi connectivity index (χ0v) is 10.2. The first-order valence-electron chi connectivity index (χ1n) is 5.38. The lowest BCUT2D eigenvalue weighted by molar-refractivity contribution is -0.271. The van der Waals surface area contributed by atoms with Crippen molar-refractivity contribution in [2.45, 2.75) is 30.7 Å². The van der Waals surface area contributed by atoms with Gasteiger partial charge in [0.15, 0.2) is 11.9 Å². The van der Waals surface area contributed by atoms with Crippen LogP contribution in [0.5, 0.6) is 0 Å². The molecule has 8 heteroatoms. The Morgan fingerprint density at radius 1 is 1.39 bits per heavy atom. The van der Waals surface area contributed by atoms with Crippen LogP contribution >= 0.6 is 0 Å². The van der Waals surface area contributed by atoms with Crippen molar-refractivity contribution in [1.29, 1.82) is 0 Å². The van der Waals surface area contributed by atoms with Crippen molar-refractivity contribution in [3.8, 4) is 0 Å². The summed E-state index contributed by atoms with van der Waals surface area (Å²) < 4.78 is 14.5. The molecule has 1 aliphatic heterocycles. The van der Waals surface area contributed by atoms with Crippen LogP contribution in [0.15, 0.2) is 0 Å². The van der Waals surface area contributed by atoms with Crippen molar-refractivity contribution < 1.29 is 39.4 Å². The van der Waals surface area contributed by atoms with Crippen LogP contribution in [0.3, 0.4) is 0 Å². The Bertz CT molecular complexity index is 308. The summed E-state index contributed by atoms with van der Waals surface area (Å²) in [5.74, 6) is -5.89. The molecule has 1 saturated heterocycles. The van der Waals surface area contributed by atoms with E-state index in [4.69, 9.17) is 19.3 Å². The van der Waals surface area contributed by atoms with Crippen LogP contribution in [-0.2, 0) is 19.0 Å². The summed E-state index contributed by atoms with van der Waals surface area (Å²) in [6.07, 6.45) is -3.48. The molecule has 0 radical (unpaired) electrons. The highest BCUT2D eigenvalue weighted by atomic mass is 16.7. The molecule has 1 rings (SSSR count). The van der Waals surface area contributed by atoms with Gasteiger partial charge >= 0.3 is 0 Å². The van der Waals surface area contributed by atoms with Gasteiger partial charge in [0.25, 0.3) is 5.79 Å². The van der Waals surface area contributed by atoms with Gasteiger partial charge in [0.1, 0.15) is 6.10 Å². The normalized spacial score (nSPS) is 40.1. The lowest BCUT2D eigenvalue weighted by atomic mass is 9.99. The number of ketones is 1.